The van der Waals surface area contributed by atoms with Crippen molar-refractivity contribution in [3.8, 4) is 0 Å². The van der Waals surface area contributed by atoms with Crippen LogP contribution in [0.5, 0.6) is 0 Å². The summed E-state index contributed by atoms with van der Waals surface area (Å²) in [6, 6.07) is -0.659. The monoisotopic (exact) mass is 329 g/mol. The van der Waals surface area contributed by atoms with Crippen LogP contribution in [0.4, 0.5) is 0 Å². The first-order chi connectivity index (χ1) is 10.8. The normalized spacial score (nSPS) is 23.3. The van der Waals surface area contributed by atoms with Gasteiger partial charge in [-0.3, -0.25) is 15.0 Å². The number of carbonyl (C=O) groups excluding carboxylic acids is 1. The number of amides is 1. The van der Waals surface area contributed by atoms with Crippen LogP contribution < -0.4 is 11.2 Å². The minimum atomic E-state index is -1.37. The van der Waals surface area contributed by atoms with E-state index in [0.717, 1.165) is 12.8 Å². The molecule has 0 aromatic rings. The van der Waals surface area contributed by atoms with Gasteiger partial charge in [0.2, 0.25) is 0 Å². The summed E-state index contributed by atoms with van der Waals surface area (Å²) in [5.74, 6) is -1.34. The van der Waals surface area contributed by atoms with Gasteiger partial charge in [0, 0.05) is 6.54 Å². The Kier molecular flexibility index (Phi) is 7.97. The van der Waals surface area contributed by atoms with Crippen LogP contribution in [0, 0.1) is 0 Å². The molecule has 2 atom stereocenters. The van der Waals surface area contributed by atoms with Crippen molar-refractivity contribution in [2.24, 2.45) is 5.73 Å². The van der Waals surface area contributed by atoms with Gasteiger partial charge in [0.1, 0.15) is 5.54 Å². The predicted molar refractivity (Wildman–Crippen MR) is 86.2 cm³/mol. The third kappa shape index (κ3) is 5.45. The van der Waals surface area contributed by atoms with E-state index in [9.17, 15) is 14.7 Å². The molecule has 9 heteroatoms. The molecule has 1 heterocycles. The molecule has 6 N–H and O–H groups in total. The van der Waals surface area contributed by atoms with Gasteiger partial charge in [-0.1, -0.05) is 19.8 Å². The minimum absolute atomic E-state index is 0.211. The number of carbonyl (C=O) groups is 2. The molecule has 132 valence electrons. The largest absolute Gasteiger partial charge is 0.480 e. The maximum absolute atomic E-state index is 12.0. The Balaban J connectivity index is 2.77. The smallest absolute Gasteiger partial charge is 0.451 e. The van der Waals surface area contributed by atoms with Crippen molar-refractivity contribution in [3.63, 3.8) is 0 Å². The van der Waals surface area contributed by atoms with E-state index in [0.29, 0.717) is 38.6 Å². The number of carboxylic acids is 1. The molecule has 0 radical (unpaired) electrons. The molecule has 1 amide bonds. The number of unbranched alkanes of at least 4 members (excludes halogenated alkanes) is 1. The number of hydrazine groups is 1. The van der Waals surface area contributed by atoms with Gasteiger partial charge in [-0.2, -0.15) is 0 Å². The highest BCUT2D eigenvalue weighted by Gasteiger charge is 2.46. The van der Waals surface area contributed by atoms with Crippen LogP contribution in [0.1, 0.15) is 51.9 Å². The number of rotatable bonds is 9. The second-order valence-electron chi connectivity index (χ2n) is 6.16. The third-order valence-corrected chi connectivity index (χ3v) is 4.46. The van der Waals surface area contributed by atoms with Gasteiger partial charge in [0.25, 0.3) is 5.91 Å². The first-order valence-corrected chi connectivity index (χ1v) is 8.26. The van der Waals surface area contributed by atoms with Gasteiger partial charge in [0.15, 0.2) is 0 Å². The van der Waals surface area contributed by atoms with Crippen molar-refractivity contribution in [2.75, 3.05) is 6.54 Å². The molecule has 1 unspecified atom stereocenters. The molecular weight excluding hydrogens is 301 g/mol. The summed E-state index contributed by atoms with van der Waals surface area (Å²) < 4.78 is 0. The zero-order valence-corrected chi connectivity index (χ0v) is 13.7. The summed E-state index contributed by atoms with van der Waals surface area (Å²) in [7, 11) is -1.37. The second kappa shape index (κ2) is 9.22. The Morgan fingerprint density at radius 2 is 2.04 bits per heavy atom. The first-order valence-electron chi connectivity index (χ1n) is 8.26. The molecule has 0 bridgehead atoms. The van der Waals surface area contributed by atoms with E-state index in [2.05, 4.69) is 5.43 Å². The fraction of sp³-hybridized carbons (Fsp3) is 0.857. The predicted octanol–water partition coefficient (Wildman–Crippen LogP) is -0.293. The highest BCUT2D eigenvalue weighted by molar-refractivity contribution is 6.40. The average Bonchev–Trinajstić information content (AvgIpc) is 2.51. The molecule has 1 saturated heterocycles. The van der Waals surface area contributed by atoms with Crippen LogP contribution in [-0.4, -0.2) is 57.3 Å². The van der Waals surface area contributed by atoms with E-state index < -0.39 is 24.7 Å². The number of piperidine rings is 1. The van der Waals surface area contributed by atoms with Gasteiger partial charge in [0.05, 0.1) is 6.04 Å². The van der Waals surface area contributed by atoms with Crippen molar-refractivity contribution in [2.45, 2.75) is 69.8 Å². The third-order valence-electron chi connectivity index (χ3n) is 4.46. The molecule has 1 aliphatic rings. The molecule has 0 spiro atoms. The Morgan fingerprint density at radius 3 is 2.61 bits per heavy atom. The maximum Gasteiger partial charge on any atom is 0.451 e. The first kappa shape index (κ1) is 19.9. The Morgan fingerprint density at radius 1 is 1.35 bits per heavy atom. The van der Waals surface area contributed by atoms with Gasteiger partial charge >= 0.3 is 13.1 Å². The number of nitrogens with one attached hydrogen (secondary N) is 1. The van der Waals surface area contributed by atoms with Gasteiger partial charge in [-0.15, -0.1) is 0 Å². The number of nitrogens with zero attached hydrogens (tertiary/aromatic N) is 1. The Labute approximate surface area is 137 Å². The molecule has 0 saturated carbocycles. The maximum atomic E-state index is 12.0. The number of hydrogen-bond donors (Lipinski definition) is 5. The number of hydrogen-bond acceptors (Lipinski definition) is 6. The summed E-state index contributed by atoms with van der Waals surface area (Å²) in [6.07, 6.45) is 4.13. The van der Waals surface area contributed by atoms with E-state index in [1.807, 2.05) is 0 Å². The number of nitrogens with two attached hydrogens (primary N) is 1. The molecule has 0 aromatic carbocycles. The summed E-state index contributed by atoms with van der Waals surface area (Å²) in [5, 5.41) is 29.0. The standard InChI is InChI=1S/C14H28BN3O5/c1-2-11(16)12(19)17-18-10-6-4-8-14(18,13(20)21)7-3-5-9-15(22)23/h11,22-23H,2-10,16H2,1H3,(H,17,19)(H,20,21)/t11-,14?/m0/s1. The molecule has 1 rings (SSSR count). The van der Waals surface area contributed by atoms with E-state index >= 15 is 0 Å². The van der Waals surface area contributed by atoms with Crippen molar-refractivity contribution < 1.29 is 24.7 Å². The van der Waals surface area contributed by atoms with Crippen LogP contribution in [0.2, 0.25) is 6.32 Å². The summed E-state index contributed by atoms with van der Waals surface area (Å²) in [5.41, 5.74) is 7.24. The minimum Gasteiger partial charge on any atom is -0.480 e. The summed E-state index contributed by atoms with van der Waals surface area (Å²) in [6.45, 7) is 2.27. The molecule has 0 aliphatic carbocycles. The van der Waals surface area contributed by atoms with E-state index in [-0.39, 0.29) is 12.2 Å². The lowest BCUT2D eigenvalue weighted by Gasteiger charge is -2.44. The lowest BCUT2D eigenvalue weighted by atomic mass is 9.79. The fourth-order valence-corrected chi connectivity index (χ4v) is 2.93. The SMILES string of the molecule is CC[C@H](N)C(=O)NN1CCCCC1(CCCCB(O)O)C(=O)O. The number of carboxylic acid groups (broad SMARTS) is 1. The van der Waals surface area contributed by atoms with Gasteiger partial charge in [-0.25, -0.2) is 5.01 Å². The van der Waals surface area contributed by atoms with Crippen LogP contribution in [-0.2, 0) is 9.59 Å². The highest BCUT2D eigenvalue weighted by Crippen LogP contribution is 2.32. The molecule has 1 fully saturated rings. The summed E-state index contributed by atoms with van der Waals surface area (Å²) >= 11 is 0. The number of aliphatic carboxylic acids is 1. The van der Waals surface area contributed by atoms with E-state index in [4.69, 9.17) is 15.8 Å². The van der Waals surface area contributed by atoms with Crippen LogP contribution in [0.25, 0.3) is 0 Å². The fourth-order valence-electron chi connectivity index (χ4n) is 2.93. The molecule has 8 nitrogen and oxygen atoms in total. The van der Waals surface area contributed by atoms with Gasteiger partial charge in [-0.05, 0) is 38.4 Å². The lowest BCUT2D eigenvalue weighted by molar-refractivity contribution is -0.161. The Hall–Kier alpha value is -1.16. The van der Waals surface area contributed by atoms with Crippen LogP contribution in [0.15, 0.2) is 0 Å². The van der Waals surface area contributed by atoms with Crippen LogP contribution in [0.3, 0.4) is 0 Å². The van der Waals surface area contributed by atoms with Crippen molar-refractivity contribution in [1.29, 1.82) is 0 Å². The topological polar surface area (TPSA) is 136 Å². The van der Waals surface area contributed by atoms with E-state index in [1.54, 1.807) is 6.92 Å². The molecule has 1 aliphatic heterocycles. The second-order valence-corrected chi connectivity index (χ2v) is 6.16. The lowest BCUT2D eigenvalue weighted by Crippen LogP contribution is -2.65. The average molecular weight is 329 g/mol. The van der Waals surface area contributed by atoms with Gasteiger partial charge < -0.3 is 20.9 Å². The zero-order chi connectivity index (χ0) is 17.5. The van der Waals surface area contributed by atoms with Crippen LogP contribution >= 0.6 is 0 Å². The highest BCUT2D eigenvalue weighted by atomic mass is 16.4. The summed E-state index contributed by atoms with van der Waals surface area (Å²) in [4.78, 5) is 23.9. The molecule has 0 aromatic heterocycles. The van der Waals surface area contributed by atoms with Crippen molar-refractivity contribution in [3.05, 3.63) is 0 Å². The van der Waals surface area contributed by atoms with Crippen molar-refractivity contribution >= 4 is 19.0 Å². The molecular formula is C14H28BN3O5. The molecule has 23 heavy (non-hydrogen) atoms. The quantitative estimate of drug-likeness (QED) is 0.289. The Bertz CT molecular complexity index is 410. The van der Waals surface area contributed by atoms with E-state index in [1.165, 1.54) is 5.01 Å². The van der Waals surface area contributed by atoms with Crippen molar-refractivity contribution in [1.82, 2.24) is 10.4 Å². The zero-order valence-electron chi connectivity index (χ0n) is 13.7.